The number of fused-ring (bicyclic) bond motifs is 3. The Morgan fingerprint density at radius 3 is 2.11 bits per heavy atom. The van der Waals surface area contributed by atoms with Crippen molar-refractivity contribution in [1.82, 2.24) is 0 Å². The lowest BCUT2D eigenvalue weighted by Crippen LogP contribution is -2.51. The highest BCUT2D eigenvalue weighted by atomic mass is 79.9. The zero-order valence-electron chi connectivity index (χ0n) is 18.9. The number of anilines is 1. The fraction of sp³-hybridized carbons (Fsp3) is 0.214. The van der Waals surface area contributed by atoms with Crippen LogP contribution in [0.4, 0.5) is 5.69 Å². The molecule has 1 aliphatic carbocycles. The van der Waals surface area contributed by atoms with Gasteiger partial charge in [-0.1, -0.05) is 58.4 Å². The van der Waals surface area contributed by atoms with Gasteiger partial charge >= 0.3 is 0 Å². The molecule has 0 saturated carbocycles. The Kier molecular flexibility index (Phi) is 4.75. The fourth-order valence-electron chi connectivity index (χ4n) is 5.62. The number of amides is 2. The van der Waals surface area contributed by atoms with Gasteiger partial charge in [-0.2, -0.15) is 0 Å². The van der Waals surface area contributed by atoms with Crippen LogP contribution < -0.4 is 4.90 Å². The van der Waals surface area contributed by atoms with Gasteiger partial charge in [-0.15, -0.1) is 0 Å². The predicted octanol–water partition coefficient (Wildman–Crippen LogP) is 4.76. The number of nitrogens with zero attached hydrogens (tertiary/aromatic N) is 1. The van der Waals surface area contributed by atoms with Crippen molar-refractivity contribution in [3.8, 4) is 0 Å². The minimum atomic E-state index is -2.07. The average Bonchev–Trinajstić information content (AvgIpc) is 3.41. The molecular formula is C28H20BrNO5. The normalized spacial score (nSPS) is 24.4. The van der Waals surface area contributed by atoms with E-state index in [1.807, 2.05) is 26.0 Å². The molecule has 0 unspecified atom stereocenters. The van der Waals surface area contributed by atoms with Gasteiger partial charge in [0.15, 0.2) is 0 Å². The van der Waals surface area contributed by atoms with Crippen LogP contribution in [0.3, 0.4) is 0 Å². The average molecular weight is 530 g/mol. The number of halogens is 1. The molecule has 6 nitrogen and oxygen atoms in total. The first-order chi connectivity index (χ1) is 16.8. The molecule has 2 saturated heterocycles. The lowest BCUT2D eigenvalue weighted by Gasteiger charge is -2.27. The van der Waals surface area contributed by atoms with Crippen LogP contribution in [0.2, 0.25) is 0 Å². The van der Waals surface area contributed by atoms with Gasteiger partial charge in [0.25, 0.3) is 0 Å². The second kappa shape index (κ2) is 7.54. The largest absolute Gasteiger partial charge is 0.349 e. The minimum absolute atomic E-state index is 0.219. The van der Waals surface area contributed by atoms with E-state index >= 15 is 0 Å². The number of aryl methyl sites for hydroxylation is 2. The Labute approximate surface area is 210 Å². The summed E-state index contributed by atoms with van der Waals surface area (Å²) in [5.74, 6) is -4.45. The van der Waals surface area contributed by atoms with Crippen LogP contribution in [-0.2, 0) is 14.3 Å². The molecule has 2 amide bonds. The highest BCUT2D eigenvalue weighted by Gasteiger charge is 2.74. The van der Waals surface area contributed by atoms with Gasteiger partial charge in [0.1, 0.15) is 0 Å². The van der Waals surface area contributed by atoms with Gasteiger partial charge in [-0.3, -0.25) is 19.2 Å². The summed E-state index contributed by atoms with van der Waals surface area (Å²) < 4.78 is 7.06. The smallest absolute Gasteiger partial charge is 0.241 e. The zero-order chi connectivity index (χ0) is 24.6. The topological polar surface area (TPSA) is 80.8 Å². The monoisotopic (exact) mass is 529 g/mol. The van der Waals surface area contributed by atoms with Gasteiger partial charge in [-0.05, 0) is 54.8 Å². The van der Waals surface area contributed by atoms with Crippen molar-refractivity contribution in [3.05, 3.63) is 99.0 Å². The number of rotatable bonds is 2. The third-order valence-electron chi connectivity index (χ3n) is 7.44. The second-order valence-corrected chi connectivity index (χ2v) is 10.2. The Balaban J connectivity index is 1.55. The maximum absolute atomic E-state index is 14.0. The van der Waals surface area contributed by atoms with E-state index in [1.54, 1.807) is 54.6 Å². The number of ether oxygens (including phenoxy) is 1. The van der Waals surface area contributed by atoms with E-state index in [2.05, 4.69) is 15.9 Å². The standard InChI is InChI=1S/C28H20BrNO5/c1-14-10-11-18(12-15(14)2)30-26(33)21-22(27(30)34)28(35-23(21)16-6-5-7-17(29)13-16)24(31)19-8-3-4-9-20(19)25(28)32/h3-13,21-23H,1-2H3/t21-,22-,23+/m0/s1. The molecule has 6 rings (SSSR count). The van der Waals surface area contributed by atoms with E-state index in [4.69, 9.17) is 4.74 Å². The van der Waals surface area contributed by atoms with Crippen molar-refractivity contribution < 1.29 is 23.9 Å². The molecule has 174 valence electrons. The summed E-state index contributed by atoms with van der Waals surface area (Å²) in [6.45, 7) is 3.85. The molecule has 7 heteroatoms. The molecule has 3 aliphatic rings. The van der Waals surface area contributed by atoms with Gasteiger partial charge in [0.2, 0.25) is 29.0 Å². The van der Waals surface area contributed by atoms with E-state index in [0.29, 0.717) is 11.3 Å². The molecule has 0 aromatic heterocycles. The van der Waals surface area contributed by atoms with Crippen LogP contribution in [0.25, 0.3) is 0 Å². The summed E-state index contributed by atoms with van der Waals surface area (Å²) in [6, 6.07) is 19.0. The molecule has 2 fully saturated rings. The van der Waals surface area contributed by atoms with E-state index < -0.39 is 46.9 Å². The molecule has 0 radical (unpaired) electrons. The summed E-state index contributed by atoms with van der Waals surface area (Å²) in [4.78, 5) is 56.5. The van der Waals surface area contributed by atoms with Crippen LogP contribution in [0.1, 0.15) is 43.5 Å². The number of imide groups is 1. The zero-order valence-corrected chi connectivity index (χ0v) is 20.5. The number of hydrogen-bond donors (Lipinski definition) is 0. The maximum Gasteiger partial charge on any atom is 0.241 e. The number of carbonyl (C=O) groups excluding carboxylic acids is 4. The Hall–Kier alpha value is -3.42. The third-order valence-corrected chi connectivity index (χ3v) is 7.94. The first-order valence-corrected chi connectivity index (χ1v) is 12.1. The molecular weight excluding hydrogens is 510 g/mol. The highest BCUT2D eigenvalue weighted by molar-refractivity contribution is 9.10. The fourth-order valence-corrected chi connectivity index (χ4v) is 6.04. The molecule has 0 N–H and O–H groups in total. The molecule has 3 aromatic carbocycles. The third kappa shape index (κ3) is 2.85. The SMILES string of the molecule is Cc1ccc(N2C(=O)[C@@H]3[C@@H](c4cccc(Br)c4)OC4(C(=O)c5ccccc5C4=O)[C@@H]3C2=O)cc1C. The van der Waals surface area contributed by atoms with Crippen molar-refractivity contribution in [2.75, 3.05) is 4.90 Å². The van der Waals surface area contributed by atoms with Crippen molar-refractivity contribution >= 4 is 45.0 Å². The summed E-state index contributed by atoms with van der Waals surface area (Å²) in [6.07, 6.45) is -0.937. The van der Waals surface area contributed by atoms with Crippen molar-refractivity contribution in [3.63, 3.8) is 0 Å². The molecule has 3 atom stereocenters. The summed E-state index contributed by atoms with van der Waals surface area (Å²) in [5.41, 5.74) is 1.36. The van der Waals surface area contributed by atoms with Crippen LogP contribution in [0.5, 0.6) is 0 Å². The van der Waals surface area contributed by atoms with Crippen molar-refractivity contribution in [1.29, 1.82) is 0 Å². The first kappa shape index (κ1) is 22.1. The minimum Gasteiger partial charge on any atom is -0.349 e. The quantitative estimate of drug-likeness (QED) is 0.353. The molecule has 35 heavy (non-hydrogen) atoms. The van der Waals surface area contributed by atoms with Crippen LogP contribution >= 0.6 is 15.9 Å². The Morgan fingerprint density at radius 2 is 1.49 bits per heavy atom. The van der Waals surface area contributed by atoms with E-state index in [-0.39, 0.29) is 11.1 Å². The summed E-state index contributed by atoms with van der Waals surface area (Å²) in [5, 5.41) is 0. The summed E-state index contributed by atoms with van der Waals surface area (Å²) >= 11 is 3.44. The van der Waals surface area contributed by atoms with Gasteiger partial charge in [0.05, 0.1) is 23.6 Å². The molecule has 2 heterocycles. The number of ketones is 2. The predicted molar refractivity (Wildman–Crippen MR) is 131 cm³/mol. The summed E-state index contributed by atoms with van der Waals surface area (Å²) in [7, 11) is 0. The number of Topliss-reactive ketones (excluding diaryl/α,β-unsaturated/α-hetero) is 2. The van der Waals surface area contributed by atoms with E-state index in [9.17, 15) is 19.2 Å². The van der Waals surface area contributed by atoms with Gasteiger partial charge < -0.3 is 4.74 Å². The lowest BCUT2D eigenvalue weighted by molar-refractivity contribution is -0.127. The highest BCUT2D eigenvalue weighted by Crippen LogP contribution is 2.57. The van der Waals surface area contributed by atoms with Gasteiger partial charge in [-0.25, -0.2) is 4.90 Å². The molecule has 2 aliphatic heterocycles. The number of benzene rings is 3. The van der Waals surface area contributed by atoms with Crippen LogP contribution in [-0.4, -0.2) is 29.0 Å². The number of carbonyl (C=O) groups is 4. The van der Waals surface area contributed by atoms with E-state index in [1.165, 1.54) is 0 Å². The Bertz CT molecular complexity index is 1440. The first-order valence-electron chi connectivity index (χ1n) is 11.3. The van der Waals surface area contributed by atoms with Crippen LogP contribution in [0, 0.1) is 25.7 Å². The second-order valence-electron chi connectivity index (χ2n) is 9.32. The molecule has 1 spiro atoms. The molecule has 0 bridgehead atoms. The van der Waals surface area contributed by atoms with Crippen molar-refractivity contribution in [2.45, 2.75) is 25.6 Å². The van der Waals surface area contributed by atoms with Gasteiger partial charge in [0, 0.05) is 15.6 Å². The number of hydrogen-bond acceptors (Lipinski definition) is 5. The maximum atomic E-state index is 14.0. The Morgan fingerprint density at radius 1 is 0.800 bits per heavy atom. The van der Waals surface area contributed by atoms with Crippen LogP contribution in [0.15, 0.2) is 71.2 Å². The van der Waals surface area contributed by atoms with Crippen molar-refractivity contribution in [2.24, 2.45) is 11.8 Å². The van der Waals surface area contributed by atoms with E-state index in [0.717, 1.165) is 20.5 Å². The lowest BCUT2D eigenvalue weighted by atomic mass is 9.77. The molecule has 3 aromatic rings.